The fourth-order valence-electron chi connectivity index (χ4n) is 3.45. The molecule has 2 heterocycles. The zero-order chi connectivity index (χ0) is 20.8. The molecule has 0 atom stereocenters. The van der Waals surface area contributed by atoms with Gasteiger partial charge in [0.1, 0.15) is 11.4 Å². The van der Waals surface area contributed by atoms with Crippen LogP contribution in [0.4, 0.5) is 11.6 Å². The fraction of sp³-hybridized carbons (Fsp3) is 0.500. The van der Waals surface area contributed by atoms with E-state index in [2.05, 4.69) is 33.9 Å². The van der Waals surface area contributed by atoms with E-state index in [1.165, 1.54) is 0 Å². The van der Waals surface area contributed by atoms with Crippen LogP contribution in [0.25, 0.3) is 0 Å². The Balaban J connectivity index is 1.64. The van der Waals surface area contributed by atoms with E-state index in [1.807, 2.05) is 35.9 Å². The average Bonchev–Trinajstić information content (AvgIpc) is 2.76. The maximum absolute atomic E-state index is 13.0. The smallest absolute Gasteiger partial charge is 0.272 e. The molecule has 1 aliphatic rings. The number of ether oxygens (including phenoxy) is 1. The van der Waals surface area contributed by atoms with Gasteiger partial charge in [-0.25, -0.2) is 9.97 Å². The van der Waals surface area contributed by atoms with Crippen molar-refractivity contribution in [3.05, 3.63) is 41.7 Å². The maximum Gasteiger partial charge on any atom is 0.272 e. The molecule has 7 heteroatoms. The highest BCUT2D eigenvalue weighted by Gasteiger charge is 2.24. The van der Waals surface area contributed by atoms with Crippen LogP contribution in [0.15, 0.2) is 30.3 Å². The number of aromatic nitrogens is 2. The Morgan fingerprint density at radius 2 is 1.83 bits per heavy atom. The summed E-state index contributed by atoms with van der Waals surface area (Å²) in [5.74, 6) is 1.45. The molecule has 29 heavy (non-hydrogen) atoms. The fourth-order valence-corrected chi connectivity index (χ4v) is 3.45. The summed E-state index contributed by atoms with van der Waals surface area (Å²) >= 11 is 0. The third-order valence-electron chi connectivity index (χ3n) is 5.25. The lowest BCUT2D eigenvalue weighted by molar-refractivity contribution is 0.0740. The molecular weight excluding hydrogens is 366 g/mol. The van der Waals surface area contributed by atoms with Gasteiger partial charge in [0, 0.05) is 51.2 Å². The minimum atomic E-state index is -0.0185. The number of hydrogen-bond acceptors (Lipinski definition) is 6. The Hall–Kier alpha value is -2.83. The Morgan fingerprint density at radius 1 is 1.14 bits per heavy atom. The number of carbonyl (C=O) groups excluding carboxylic acids is 1. The van der Waals surface area contributed by atoms with E-state index < -0.39 is 0 Å². The minimum Gasteiger partial charge on any atom is -0.497 e. The number of rotatable bonds is 7. The van der Waals surface area contributed by atoms with Crippen molar-refractivity contribution in [3.63, 3.8) is 0 Å². The third kappa shape index (κ3) is 5.16. The van der Waals surface area contributed by atoms with Crippen molar-refractivity contribution >= 4 is 17.5 Å². The first-order chi connectivity index (χ1) is 14.0. The van der Waals surface area contributed by atoms with Crippen molar-refractivity contribution in [2.45, 2.75) is 26.7 Å². The molecule has 1 saturated heterocycles. The largest absolute Gasteiger partial charge is 0.497 e. The van der Waals surface area contributed by atoms with Gasteiger partial charge in [0.2, 0.25) is 5.95 Å². The molecule has 1 aliphatic heterocycles. The van der Waals surface area contributed by atoms with E-state index in [4.69, 9.17) is 4.74 Å². The highest BCUT2D eigenvalue weighted by molar-refractivity contribution is 5.92. The van der Waals surface area contributed by atoms with Gasteiger partial charge in [0.05, 0.1) is 7.11 Å². The summed E-state index contributed by atoms with van der Waals surface area (Å²) in [6.45, 7) is 7.90. The van der Waals surface area contributed by atoms with Gasteiger partial charge in [0.25, 0.3) is 5.91 Å². The zero-order valence-corrected chi connectivity index (χ0v) is 17.9. The highest BCUT2D eigenvalue weighted by Crippen LogP contribution is 2.21. The minimum absolute atomic E-state index is 0.0185. The van der Waals surface area contributed by atoms with Crippen LogP contribution in [0.1, 0.15) is 35.9 Å². The predicted octanol–water partition coefficient (Wildman–Crippen LogP) is 2.99. The van der Waals surface area contributed by atoms with Gasteiger partial charge >= 0.3 is 0 Å². The molecule has 1 fully saturated rings. The van der Waals surface area contributed by atoms with Crippen molar-refractivity contribution in [3.8, 4) is 5.75 Å². The predicted molar refractivity (Wildman–Crippen MR) is 116 cm³/mol. The second-order valence-electron chi connectivity index (χ2n) is 7.45. The molecule has 0 bridgehead atoms. The average molecular weight is 398 g/mol. The van der Waals surface area contributed by atoms with Gasteiger partial charge in [-0.05, 0) is 43.7 Å². The number of piperazine rings is 1. The summed E-state index contributed by atoms with van der Waals surface area (Å²) in [6, 6.07) is 9.83. The van der Waals surface area contributed by atoms with E-state index in [9.17, 15) is 4.79 Å². The topological polar surface area (TPSA) is 61.8 Å². The number of unbranched alkanes of at least 4 members (excludes halogenated alkanes) is 1. The quantitative estimate of drug-likeness (QED) is 0.716. The number of anilines is 2. The van der Waals surface area contributed by atoms with Crippen LogP contribution in [-0.4, -0.2) is 67.7 Å². The molecule has 3 rings (SSSR count). The van der Waals surface area contributed by atoms with Crippen molar-refractivity contribution in [1.29, 1.82) is 0 Å². The van der Waals surface area contributed by atoms with Crippen molar-refractivity contribution in [2.24, 2.45) is 0 Å². The Labute approximate surface area is 173 Å². The van der Waals surface area contributed by atoms with Gasteiger partial charge < -0.3 is 19.4 Å². The van der Waals surface area contributed by atoms with Gasteiger partial charge in [0.15, 0.2) is 0 Å². The first-order valence-electron chi connectivity index (χ1n) is 10.3. The summed E-state index contributed by atoms with van der Waals surface area (Å²) in [7, 11) is 3.65. The van der Waals surface area contributed by atoms with Crippen LogP contribution in [0, 0.1) is 6.92 Å². The summed E-state index contributed by atoms with van der Waals surface area (Å²) < 4.78 is 5.22. The van der Waals surface area contributed by atoms with Gasteiger partial charge in [-0.2, -0.15) is 0 Å². The van der Waals surface area contributed by atoms with E-state index in [0.717, 1.165) is 49.6 Å². The van der Waals surface area contributed by atoms with Gasteiger partial charge in [-0.3, -0.25) is 4.79 Å². The summed E-state index contributed by atoms with van der Waals surface area (Å²) in [4.78, 5) is 28.3. The summed E-state index contributed by atoms with van der Waals surface area (Å²) in [5, 5.41) is 0. The van der Waals surface area contributed by atoms with E-state index in [0.29, 0.717) is 24.7 Å². The first kappa shape index (κ1) is 20.9. The number of amides is 1. The molecule has 0 radical (unpaired) electrons. The van der Waals surface area contributed by atoms with Crippen molar-refractivity contribution < 1.29 is 9.53 Å². The molecule has 1 aromatic carbocycles. The lowest BCUT2D eigenvalue weighted by Crippen LogP contribution is -2.49. The first-order valence-corrected chi connectivity index (χ1v) is 10.3. The van der Waals surface area contributed by atoms with Crippen LogP contribution in [0.2, 0.25) is 0 Å². The molecule has 0 unspecified atom stereocenters. The van der Waals surface area contributed by atoms with Gasteiger partial charge in [-0.1, -0.05) is 13.3 Å². The van der Waals surface area contributed by atoms with Crippen LogP contribution in [-0.2, 0) is 0 Å². The Morgan fingerprint density at radius 3 is 2.45 bits per heavy atom. The van der Waals surface area contributed by atoms with Crippen LogP contribution in [0.3, 0.4) is 0 Å². The van der Waals surface area contributed by atoms with Crippen LogP contribution < -0.4 is 14.5 Å². The second-order valence-corrected chi connectivity index (χ2v) is 7.45. The van der Waals surface area contributed by atoms with Crippen LogP contribution in [0.5, 0.6) is 5.75 Å². The molecule has 0 saturated carbocycles. The number of aryl methyl sites for hydroxylation is 1. The number of benzene rings is 1. The molecular formula is C22H31N5O2. The second kappa shape index (κ2) is 9.58. The lowest BCUT2D eigenvalue weighted by atomic mass is 10.2. The third-order valence-corrected chi connectivity index (χ3v) is 5.25. The molecule has 2 aromatic rings. The molecule has 1 aromatic heterocycles. The number of carbonyl (C=O) groups is 1. The Bertz CT molecular complexity index is 816. The van der Waals surface area contributed by atoms with E-state index in [-0.39, 0.29) is 5.91 Å². The Kier molecular flexibility index (Phi) is 6.90. The van der Waals surface area contributed by atoms with Crippen LogP contribution >= 0.6 is 0 Å². The molecule has 0 spiro atoms. The number of hydrogen-bond donors (Lipinski definition) is 0. The van der Waals surface area contributed by atoms with Crippen molar-refractivity contribution in [2.75, 3.05) is 56.7 Å². The standard InChI is InChI=1S/C22H31N5O2/c1-5-6-11-25(3)22-23-17(2)16-20(24-22)21(28)27-14-12-26(13-15-27)18-7-9-19(29-4)10-8-18/h7-10,16H,5-6,11-15H2,1-4H3. The van der Waals surface area contributed by atoms with E-state index >= 15 is 0 Å². The highest BCUT2D eigenvalue weighted by atomic mass is 16.5. The van der Waals surface area contributed by atoms with Crippen molar-refractivity contribution in [1.82, 2.24) is 14.9 Å². The summed E-state index contributed by atoms with van der Waals surface area (Å²) in [6.07, 6.45) is 2.19. The maximum atomic E-state index is 13.0. The molecule has 0 aliphatic carbocycles. The van der Waals surface area contributed by atoms with Gasteiger partial charge in [-0.15, -0.1) is 0 Å². The monoisotopic (exact) mass is 397 g/mol. The number of methoxy groups -OCH3 is 1. The zero-order valence-electron chi connectivity index (χ0n) is 17.9. The normalized spacial score (nSPS) is 14.1. The molecule has 156 valence electrons. The molecule has 7 nitrogen and oxygen atoms in total. The van der Waals surface area contributed by atoms with E-state index in [1.54, 1.807) is 13.2 Å². The SMILES string of the molecule is CCCCN(C)c1nc(C)cc(C(=O)N2CCN(c3ccc(OC)cc3)CC2)n1. The number of nitrogens with zero attached hydrogens (tertiary/aromatic N) is 5. The molecule has 1 amide bonds. The molecule has 0 N–H and O–H groups in total. The lowest BCUT2D eigenvalue weighted by Gasteiger charge is -2.36. The summed E-state index contributed by atoms with van der Waals surface area (Å²) in [5.41, 5.74) is 2.45.